The summed E-state index contributed by atoms with van der Waals surface area (Å²) in [5.74, 6) is -1.29. The van der Waals surface area contributed by atoms with Gasteiger partial charge in [0.25, 0.3) is 0 Å². The summed E-state index contributed by atoms with van der Waals surface area (Å²) < 4.78 is 0. The minimum absolute atomic E-state index is 0.0457. The van der Waals surface area contributed by atoms with Gasteiger partial charge in [-0.3, -0.25) is 9.59 Å². The lowest BCUT2D eigenvalue weighted by atomic mass is 10.0. The topological polar surface area (TPSA) is 98.7 Å². The van der Waals surface area contributed by atoms with E-state index in [4.69, 9.17) is 5.11 Å². The van der Waals surface area contributed by atoms with Crippen molar-refractivity contribution in [2.75, 3.05) is 13.1 Å². The predicted molar refractivity (Wildman–Crippen MR) is 77.8 cm³/mol. The molecule has 7 heteroatoms. The summed E-state index contributed by atoms with van der Waals surface area (Å²) in [5, 5.41) is 14.4. The maximum Gasteiger partial charge on any atom is 0.318 e. The molecule has 120 valence electrons. The van der Waals surface area contributed by atoms with Gasteiger partial charge in [-0.05, 0) is 26.7 Å². The van der Waals surface area contributed by atoms with Crippen LogP contribution in [0.3, 0.4) is 0 Å². The third kappa shape index (κ3) is 5.24. The number of rotatable bonds is 6. The molecule has 1 aliphatic heterocycles. The minimum atomic E-state index is -0.792. The number of hydrogen-bond acceptors (Lipinski definition) is 3. The first-order valence-electron chi connectivity index (χ1n) is 7.40. The molecule has 1 heterocycles. The smallest absolute Gasteiger partial charge is 0.318 e. The van der Waals surface area contributed by atoms with E-state index in [1.807, 2.05) is 6.92 Å². The SMILES string of the molecule is CC(CCCC(C)C(=O)O)NC(=O)N1CCNC(=O)C1C. The van der Waals surface area contributed by atoms with Gasteiger partial charge in [0.05, 0.1) is 5.92 Å². The van der Waals surface area contributed by atoms with Crippen molar-refractivity contribution in [3.8, 4) is 0 Å². The third-order valence-corrected chi connectivity index (χ3v) is 3.83. The number of hydrogen-bond donors (Lipinski definition) is 3. The third-order valence-electron chi connectivity index (χ3n) is 3.83. The Kier molecular flexibility index (Phi) is 6.45. The normalized spacial score (nSPS) is 21.4. The monoisotopic (exact) mass is 299 g/mol. The molecular weight excluding hydrogens is 274 g/mol. The second-order valence-corrected chi connectivity index (χ2v) is 5.68. The molecule has 1 aliphatic rings. The average Bonchev–Trinajstić information content (AvgIpc) is 2.41. The van der Waals surface area contributed by atoms with Gasteiger partial charge in [0.15, 0.2) is 0 Å². The molecule has 1 fully saturated rings. The van der Waals surface area contributed by atoms with Gasteiger partial charge < -0.3 is 20.6 Å². The van der Waals surface area contributed by atoms with Crippen LogP contribution >= 0.6 is 0 Å². The molecule has 0 aliphatic carbocycles. The molecule has 0 bridgehead atoms. The van der Waals surface area contributed by atoms with Crippen LogP contribution in [0.1, 0.15) is 40.0 Å². The molecule has 0 aromatic carbocycles. The van der Waals surface area contributed by atoms with Crippen LogP contribution in [-0.2, 0) is 9.59 Å². The molecule has 0 aromatic rings. The number of carboxylic acid groups (broad SMARTS) is 1. The Morgan fingerprint density at radius 1 is 1.43 bits per heavy atom. The zero-order valence-electron chi connectivity index (χ0n) is 12.9. The highest BCUT2D eigenvalue weighted by Gasteiger charge is 2.29. The Bertz CT molecular complexity index is 400. The highest BCUT2D eigenvalue weighted by molar-refractivity contribution is 5.87. The van der Waals surface area contributed by atoms with Crippen molar-refractivity contribution < 1.29 is 19.5 Å². The van der Waals surface area contributed by atoms with Crippen molar-refractivity contribution in [3.63, 3.8) is 0 Å². The summed E-state index contributed by atoms with van der Waals surface area (Å²) in [6, 6.07) is -0.746. The number of carboxylic acids is 1. The Hall–Kier alpha value is -1.79. The summed E-state index contributed by atoms with van der Waals surface area (Å²) in [6.45, 7) is 6.24. The second-order valence-electron chi connectivity index (χ2n) is 5.68. The molecule has 3 atom stereocenters. The molecule has 3 amide bonds. The van der Waals surface area contributed by atoms with Crippen molar-refractivity contribution in [2.45, 2.75) is 52.1 Å². The van der Waals surface area contributed by atoms with Crippen molar-refractivity contribution in [1.29, 1.82) is 0 Å². The van der Waals surface area contributed by atoms with Crippen molar-refractivity contribution in [2.24, 2.45) is 5.92 Å². The number of carbonyl (C=O) groups is 3. The van der Waals surface area contributed by atoms with Gasteiger partial charge in [0.2, 0.25) is 5.91 Å². The van der Waals surface area contributed by atoms with E-state index in [0.717, 1.165) is 12.8 Å². The van der Waals surface area contributed by atoms with Crippen molar-refractivity contribution in [1.82, 2.24) is 15.5 Å². The van der Waals surface area contributed by atoms with Gasteiger partial charge in [0.1, 0.15) is 6.04 Å². The second kappa shape index (κ2) is 7.85. The summed E-state index contributed by atoms with van der Waals surface area (Å²) in [6.07, 6.45) is 2.06. The molecule has 3 unspecified atom stereocenters. The molecule has 21 heavy (non-hydrogen) atoms. The van der Waals surface area contributed by atoms with Gasteiger partial charge in [-0.1, -0.05) is 13.3 Å². The van der Waals surface area contributed by atoms with Gasteiger partial charge in [-0.25, -0.2) is 4.79 Å². The number of urea groups is 1. The molecule has 0 aromatic heterocycles. The molecule has 1 rings (SSSR count). The zero-order chi connectivity index (χ0) is 16.0. The molecule has 3 N–H and O–H groups in total. The summed E-state index contributed by atoms with van der Waals surface area (Å²) in [4.78, 5) is 35.9. The fourth-order valence-corrected chi connectivity index (χ4v) is 2.28. The molecule has 7 nitrogen and oxygen atoms in total. The summed E-state index contributed by atoms with van der Waals surface area (Å²) in [5.41, 5.74) is 0. The zero-order valence-corrected chi connectivity index (χ0v) is 12.9. The summed E-state index contributed by atoms with van der Waals surface area (Å²) in [7, 11) is 0. The maximum atomic E-state index is 12.1. The first kappa shape index (κ1) is 17.3. The minimum Gasteiger partial charge on any atom is -0.481 e. The van der Waals surface area contributed by atoms with Crippen molar-refractivity contribution >= 4 is 17.9 Å². The van der Waals surface area contributed by atoms with E-state index in [1.54, 1.807) is 13.8 Å². The lowest BCUT2D eigenvalue weighted by Gasteiger charge is -2.33. The van der Waals surface area contributed by atoms with Crippen LogP contribution < -0.4 is 10.6 Å². The Labute approximate surface area is 125 Å². The Balaban J connectivity index is 2.33. The first-order valence-corrected chi connectivity index (χ1v) is 7.40. The van der Waals surface area contributed by atoms with E-state index in [1.165, 1.54) is 4.90 Å². The van der Waals surface area contributed by atoms with Gasteiger partial charge in [0, 0.05) is 19.1 Å². The van der Waals surface area contributed by atoms with E-state index < -0.39 is 12.0 Å². The highest BCUT2D eigenvalue weighted by Crippen LogP contribution is 2.10. The van der Waals surface area contributed by atoms with E-state index in [0.29, 0.717) is 19.5 Å². The van der Waals surface area contributed by atoms with Crippen LogP contribution in [0.5, 0.6) is 0 Å². The van der Waals surface area contributed by atoms with Crippen LogP contribution in [0.4, 0.5) is 4.79 Å². The van der Waals surface area contributed by atoms with E-state index in [9.17, 15) is 14.4 Å². The first-order chi connectivity index (χ1) is 9.82. The number of piperazine rings is 1. The fraction of sp³-hybridized carbons (Fsp3) is 0.786. The molecule has 1 saturated heterocycles. The van der Waals surface area contributed by atoms with Crippen LogP contribution in [0.2, 0.25) is 0 Å². The van der Waals surface area contributed by atoms with Crippen molar-refractivity contribution in [3.05, 3.63) is 0 Å². The standard InChI is InChI=1S/C14H25N3O4/c1-9(13(19)20)5-4-6-10(2)16-14(21)17-8-7-15-12(18)11(17)3/h9-11H,4-8H2,1-3H3,(H,15,18)(H,16,21)(H,19,20). The molecule has 0 spiro atoms. The van der Waals surface area contributed by atoms with Gasteiger partial charge >= 0.3 is 12.0 Å². The van der Waals surface area contributed by atoms with Crippen LogP contribution in [0, 0.1) is 5.92 Å². The van der Waals surface area contributed by atoms with Gasteiger partial charge in [-0.15, -0.1) is 0 Å². The van der Waals surface area contributed by atoms with E-state index in [2.05, 4.69) is 10.6 Å². The number of amides is 3. The number of nitrogens with one attached hydrogen (secondary N) is 2. The lowest BCUT2D eigenvalue weighted by molar-refractivity contribution is -0.141. The quantitative estimate of drug-likeness (QED) is 0.675. The largest absolute Gasteiger partial charge is 0.481 e. The van der Waals surface area contributed by atoms with Gasteiger partial charge in [-0.2, -0.15) is 0 Å². The Morgan fingerprint density at radius 3 is 2.71 bits per heavy atom. The van der Waals surface area contributed by atoms with Crippen LogP contribution in [-0.4, -0.2) is 53.1 Å². The Morgan fingerprint density at radius 2 is 2.10 bits per heavy atom. The number of aliphatic carboxylic acids is 1. The lowest BCUT2D eigenvalue weighted by Crippen LogP contribution is -2.59. The highest BCUT2D eigenvalue weighted by atomic mass is 16.4. The maximum absolute atomic E-state index is 12.1. The molecule has 0 saturated carbocycles. The average molecular weight is 299 g/mol. The molecular formula is C14H25N3O4. The van der Waals surface area contributed by atoms with Crippen LogP contribution in [0.25, 0.3) is 0 Å². The molecule has 0 radical (unpaired) electrons. The number of carbonyl (C=O) groups excluding carboxylic acids is 2. The predicted octanol–water partition coefficient (Wildman–Crippen LogP) is 0.796. The number of nitrogens with zero attached hydrogens (tertiary/aromatic N) is 1. The van der Waals surface area contributed by atoms with E-state index >= 15 is 0 Å². The van der Waals surface area contributed by atoms with E-state index in [-0.39, 0.29) is 23.9 Å². The van der Waals surface area contributed by atoms with Crippen LogP contribution in [0.15, 0.2) is 0 Å². The fourth-order valence-electron chi connectivity index (χ4n) is 2.28. The summed E-state index contributed by atoms with van der Waals surface area (Å²) >= 11 is 0.